The normalized spacial score (nSPS) is 26.3. The third-order valence-corrected chi connectivity index (χ3v) is 8.39. The number of halogens is 1. The van der Waals surface area contributed by atoms with E-state index in [1.165, 1.54) is 4.90 Å². The summed E-state index contributed by atoms with van der Waals surface area (Å²) in [7, 11) is 0. The molecule has 4 aromatic carbocycles. The average Bonchev–Trinajstić information content (AvgIpc) is 3.16. The van der Waals surface area contributed by atoms with Gasteiger partial charge in [0.15, 0.2) is 0 Å². The van der Waals surface area contributed by atoms with Crippen molar-refractivity contribution in [3.05, 3.63) is 125 Å². The molecule has 34 heavy (non-hydrogen) atoms. The second kappa shape index (κ2) is 6.91. The summed E-state index contributed by atoms with van der Waals surface area (Å²) >= 11 is 7.48. The molecular weight excluding hydrogens is 442 g/mol. The summed E-state index contributed by atoms with van der Waals surface area (Å²) in [5, 5.41) is 0. The van der Waals surface area contributed by atoms with Crippen molar-refractivity contribution in [1.82, 2.24) is 0 Å². The molecule has 1 aliphatic heterocycles. The molecule has 2 atom stereocenters. The first-order valence-electron chi connectivity index (χ1n) is 11.5. The van der Waals surface area contributed by atoms with E-state index in [0.29, 0.717) is 5.69 Å². The van der Waals surface area contributed by atoms with Crippen molar-refractivity contribution in [2.45, 2.75) is 10.8 Å². The lowest BCUT2D eigenvalue weighted by Gasteiger charge is -2.50. The van der Waals surface area contributed by atoms with Gasteiger partial charge >= 0.3 is 0 Å². The fourth-order valence-electron chi connectivity index (χ4n) is 6.37. The zero-order valence-electron chi connectivity index (χ0n) is 18.2. The molecule has 2 amide bonds. The maximum absolute atomic E-state index is 13.9. The summed E-state index contributed by atoms with van der Waals surface area (Å²) in [6, 6.07) is 33.7. The molecule has 1 fully saturated rings. The average molecular weight is 462 g/mol. The van der Waals surface area contributed by atoms with Crippen LogP contribution in [0.3, 0.4) is 0 Å². The van der Waals surface area contributed by atoms with Crippen LogP contribution < -0.4 is 4.90 Å². The molecule has 4 aromatic rings. The van der Waals surface area contributed by atoms with Gasteiger partial charge in [-0.25, -0.2) is 4.90 Å². The SMILES string of the molecule is O=C1[C@@H]2C3c4ccccc4C(Cl)(c4ccccc43)[C@@H]2C(=O)N1c1ccc(-c2ccccc2)cc1. The van der Waals surface area contributed by atoms with Gasteiger partial charge in [-0.15, -0.1) is 11.6 Å². The molecule has 0 radical (unpaired) electrons. The summed E-state index contributed by atoms with van der Waals surface area (Å²) < 4.78 is 0. The maximum atomic E-state index is 13.9. The molecule has 3 nitrogen and oxygen atoms in total. The van der Waals surface area contributed by atoms with Crippen LogP contribution in [0.25, 0.3) is 11.1 Å². The van der Waals surface area contributed by atoms with Crippen molar-refractivity contribution in [2.75, 3.05) is 4.90 Å². The Kier molecular flexibility index (Phi) is 4.01. The number of amides is 2. The van der Waals surface area contributed by atoms with Crippen molar-refractivity contribution in [1.29, 1.82) is 0 Å². The number of imide groups is 1. The van der Waals surface area contributed by atoms with Crippen molar-refractivity contribution in [3.63, 3.8) is 0 Å². The molecule has 1 heterocycles. The summed E-state index contributed by atoms with van der Waals surface area (Å²) in [5.74, 6) is -1.70. The number of carbonyl (C=O) groups excluding carboxylic acids is 2. The number of benzene rings is 4. The van der Waals surface area contributed by atoms with E-state index in [1.807, 2.05) is 91.0 Å². The number of alkyl halides is 1. The molecule has 0 N–H and O–H groups in total. The largest absolute Gasteiger partial charge is 0.274 e. The molecule has 4 aliphatic rings. The van der Waals surface area contributed by atoms with Gasteiger partial charge in [0.2, 0.25) is 11.8 Å². The zero-order chi connectivity index (χ0) is 23.0. The second-order valence-electron chi connectivity index (χ2n) is 9.29. The van der Waals surface area contributed by atoms with Gasteiger partial charge < -0.3 is 0 Å². The van der Waals surface area contributed by atoms with Gasteiger partial charge in [-0.1, -0.05) is 91.0 Å². The summed E-state index contributed by atoms with van der Waals surface area (Å²) in [5.41, 5.74) is 6.73. The number of hydrogen-bond acceptors (Lipinski definition) is 2. The van der Waals surface area contributed by atoms with E-state index < -0.39 is 16.7 Å². The van der Waals surface area contributed by atoms with Gasteiger partial charge in [-0.3, -0.25) is 9.59 Å². The van der Waals surface area contributed by atoms with Gasteiger partial charge in [-0.05, 0) is 45.5 Å². The number of anilines is 1. The van der Waals surface area contributed by atoms with Crippen LogP contribution in [-0.4, -0.2) is 11.8 Å². The maximum Gasteiger partial charge on any atom is 0.240 e. The van der Waals surface area contributed by atoms with Crippen molar-refractivity contribution in [3.8, 4) is 11.1 Å². The Hall–Kier alpha value is -3.69. The van der Waals surface area contributed by atoms with E-state index in [0.717, 1.165) is 33.4 Å². The number of carbonyl (C=O) groups is 2. The fraction of sp³-hybridized carbons (Fsp3) is 0.133. The van der Waals surface area contributed by atoms with E-state index in [2.05, 4.69) is 12.1 Å². The lowest BCUT2D eigenvalue weighted by Crippen LogP contribution is -2.50. The van der Waals surface area contributed by atoms with E-state index >= 15 is 0 Å². The highest BCUT2D eigenvalue weighted by molar-refractivity contribution is 6.33. The van der Waals surface area contributed by atoms with Crippen LogP contribution in [0, 0.1) is 11.8 Å². The minimum Gasteiger partial charge on any atom is -0.274 e. The van der Waals surface area contributed by atoms with Crippen LogP contribution in [0.5, 0.6) is 0 Å². The van der Waals surface area contributed by atoms with Gasteiger partial charge in [0.25, 0.3) is 0 Å². The van der Waals surface area contributed by atoms with E-state index in [1.54, 1.807) is 0 Å². The topological polar surface area (TPSA) is 37.4 Å². The smallest absolute Gasteiger partial charge is 0.240 e. The predicted molar refractivity (Wildman–Crippen MR) is 133 cm³/mol. The molecule has 8 rings (SSSR count). The standard InChI is InChI=1S/C30H20ClNO2/c31-30-23-12-6-4-10-21(23)25(22-11-5-7-13-24(22)30)26-27(30)29(34)32(28(26)33)20-16-14-19(15-17-20)18-8-2-1-3-9-18/h1-17,25-27H/t25?,26-,27+,30?/m1/s1. The van der Waals surface area contributed by atoms with E-state index in [9.17, 15) is 9.59 Å². The summed E-state index contributed by atoms with van der Waals surface area (Å²) in [4.78, 5) is 28.2. The van der Waals surface area contributed by atoms with E-state index in [4.69, 9.17) is 11.6 Å². The molecule has 0 unspecified atom stereocenters. The minimum absolute atomic E-state index is 0.165. The Labute approximate surface area is 202 Å². The third kappa shape index (κ3) is 2.37. The monoisotopic (exact) mass is 461 g/mol. The highest BCUT2D eigenvalue weighted by atomic mass is 35.5. The van der Waals surface area contributed by atoms with Gasteiger partial charge in [0.05, 0.1) is 17.5 Å². The number of rotatable bonds is 2. The number of hydrogen-bond donors (Lipinski definition) is 0. The van der Waals surface area contributed by atoms with Crippen molar-refractivity contribution >= 4 is 29.1 Å². The van der Waals surface area contributed by atoms with Gasteiger partial charge in [0.1, 0.15) is 4.87 Å². The third-order valence-electron chi connectivity index (χ3n) is 7.75. The first kappa shape index (κ1) is 19.7. The molecule has 2 bridgehead atoms. The highest BCUT2D eigenvalue weighted by Crippen LogP contribution is 2.65. The lowest BCUT2D eigenvalue weighted by molar-refractivity contribution is -0.122. The first-order valence-corrected chi connectivity index (χ1v) is 11.9. The molecule has 4 heteroatoms. The van der Waals surface area contributed by atoms with Gasteiger partial charge in [-0.2, -0.15) is 0 Å². The second-order valence-corrected chi connectivity index (χ2v) is 9.89. The molecule has 164 valence electrons. The molecular formula is C30H20ClNO2. The zero-order valence-corrected chi connectivity index (χ0v) is 18.9. The van der Waals surface area contributed by atoms with Crippen LogP contribution in [0.2, 0.25) is 0 Å². The highest BCUT2D eigenvalue weighted by Gasteiger charge is 2.67. The van der Waals surface area contributed by atoms with Gasteiger partial charge in [0, 0.05) is 5.92 Å². The van der Waals surface area contributed by atoms with Crippen molar-refractivity contribution in [2.24, 2.45) is 11.8 Å². The Morgan fingerprint density at radius 1 is 0.618 bits per heavy atom. The Balaban J connectivity index is 1.36. The summed E-state index contributed by atoms with van der Waals surface area (Å²) in [6.07, 6.45) is 0. The van der Waals surface area contributed by atoms with Crippen LogP contribution >= 0.6 is 11.6 Å². The van der Waals surface area contributed by atoms with E-state index in [-0.39, 0.29) is 17.7 Å². The lowest BCUT2D eigenvalue weighted by atomic mass is 9.54. The van der Waals surface area contributed by atoms with Crippen LogP contribution in [-0.2, 0) is 14.5 Å². The van der Waals surface area contributed by atoms with Crippen LogP contribution in [0.15, 0.2) is 103 Å². The molecule has 0 saturated carbocycles. The Bertz CT molecular complexity index is 1430. The molecule has 0 aromatic heterocycles. The molecule has 0 spiro atoms. The molecule has 3 aliphatic carbocycles. The predicted octanol–water partition coefficient (Wildman–Crippen LogP) is 6.10. The summed E-state index contributed by atoms with van der Waals surface area (Å²) in [6.45, 7) is 0. The number of nitrogens with zero attached hydrogens (tertiary/aromatic N) is 1. The van der Waals surface area contributed by atoms with Crippen LogP contribution in [0.1, 0.15) is 28.2 Å². The van der Waals surface area contributed by atoms with Crippen LogP contribution in [0.4, 0.5) is 5.69 Å². The first-order chi connectivity index (χ1) is 16.6. The Morgan fingerprint density at radius 2 is 1.15 bits per heavy atom. The Morgan fingerprint density at radius 3 is 1.76 bits per heavy atom. The van der Waals surface area contributed by atoms with Crippen molar-refractivity contribution < 1.29 is 9.59 Å². The minimum atomic E-state index is -1.06. The molecule has 1 saturated heterocycles. The quantitative estimate of drug-likeness (QED) is 0.267. The fourth-order valence-corrected chi connectivity index (χ4v) is 6.94.